The van der Waals surface area contributed by atoms with E-state index in [0.717, 1.165) is 24.9 Å². The Hall–Kier alpha value is -2.26. The number of nitrogens with one attached hydrogen (secondary N) is 1. The third kappa shape index (κ3) is 4.77. The van der Waals surface area contributed by atoms with Crippen molar-refractivity contribution in [1.29, 1.82) is 0 Å². The van der Waals surface area contributed by atoms with Gasteiger partial charge in [0.05, 0.1) is 12.8 Å². The number of carbonyl (C=O) groups is 2. The number of rotatable bonds is 7. The van der Waals surface area contributed by atoms with E-state index in [2.05, 4.69) is 10.1 Å². The van der Waals surface area contributed by atoms with Gasteiger partial charge in [0.2, 0.25) is 0 Å². The van der Waals surface area contributed by atoms with Crippen LogP contribution in [-0.4, -0.2) is 64.9 Å². The summed E-state index contributed by atoms with van der Waals surface area (Å²) in [4.78, 5) is 28.3. The first kappa shape index (κ1) is 20.5. The summed E-state index contributed by atoms with van der Waals surface area (Å²) in [6, 6.07) is 5.79. The smallest absolute Gasteiger partial charge is 0.387 e. The molecule has 3 amide bonds. The molecule has 2 aliphatic rings. The number of likely N-dealkylation sites (tertiary alicyclic amines) is 1. The van der Waals surface area contributed by atoms with Crippen LogP contribution in [-0.2, 0) is 11.2 Å². The van der Waals surface area contributed by atoms with Crippen LogP contribution in [0, 0.1) is 0 Å². The van der Waals surface area contributed by atoms with Gasteiger partial charge < -0.3 is 15.2 Å². The monoisotopic (exact) mass is 397 g/mol. The predicted octanol–water partition coefficient (Wildman–Crippen LogP) is 1.95. The van der Waals surface area contributed by atoms with Gasteiger partial charge in [-0.1, -0.05) is 12.1 Å². The molecule has 7 nitrogen and oxygen atoms in total. The lowest BCUT2D eigenvalue weighted by Gasteiger charge is -2.32. The number of hydrogen-bond donors (Lipinski definition) is 2. The minimum atomic E-state index is -2.87. The van der Waals surface area contributed by atoms with Gasteiger partial charge in [0.1, 0.15) is 11.3 Å². The predicted molar refractivity (Wildman–Crippen MR) is 96.9 cm³/mol. The lowest BCUT2D eigenvalue weighted by Crippen LogP contribution is -2.48. The van der Waals surface area contributed by atoms with Crippen LogP contribution in [0.3, 0.4) is 0 Å². The molecule has 1 aromatic carbocycles. The van der Waals surface area contributed by atoms with E-state index in [9.17, 15) is 23.5 Å². The molecule has 2 saturated heterocycles. The molecule has 0 saturated carbocycles. The maximum absolute atomic E-state index is 12.8. The van der Waals surface area contributed by atoms with Crippen LogP contribution in [0.2, 0.25) is 0 Å². The molecule has 28 heavy (non-hydrogen) atoms. The SMILES string of the molecule is C[C@@]1(CCc2ccc(OC(F)F)cc2)NC(=O)N(CN2CCC[C@H](O)C2)C1=O. The molecule has 0 bridgehead atoms. The highest BCUT2D eigenvalue weighted by Crippen LogP contribution is 2.25. The Morgan fingerprint density at radius 3 is 2.68 bits per heavy atom. The summed E-state index contributed by atoms with van der Waals surface area (Å²) < 4.78 is 28.7. The van der Waals surface area contributed by atoms with Crippen molar-refractivity contribution in [3.05, 3.63) is 29.8 Å². The van der Waals surface area contributed by atoms with Crippen LogP contribution >= 0.6 is 0 Å². The molecule has 2 aliphatic heterocycles. The highest BCUT2D eigenvalue weighted by molar-refractivity contribution is 6.06. The summed E-state index contributed by atoms with van der Waals surface area (Å²) in [6.07, 6.45) is 2.00. The first-order valence-corrected chi connectivity index (χ1v) is 9.35. The second-order valence-corrected chi connectivity index (χ2v) is 7.53. The average Bonchev–Trinajstić information content (AvgIpc) is 2.84. The number of piperidine rings is 1. The molecule has 1 aromatic rings. The van der Waals surface area contributed by atoms with Gasteiger partial charge in [-0.15, -0.1) is 0 Å². The van der Waals surface area contributed by atoms with E-state index >= 15 is 0 Å². The molecule has 2 atom stereocenters. The van der Waals surface area contributed by atoms with Crippen LogP contribution in [0.4, 0.5) is 13.6 Å². The number of imide groups is 1. The Balaban J connectivity index is 1.57. The first-order chi connectivity index (χ1) is 13.3. The minimum absolute atomic E-state index is 0.0742. The summed E-state index contributed by atoms with van der Waals surface area (Å²) in [6.45, 7) is 0.158. The quantitative estimate of drug-likeness (QED) is 0.688. The van der Waals surface area contributed by atoms with E-state index in [1.54, 1.807) is 19.1 Å². The van der Waals surface area contributed by atoms with Crippen molar-refractivity contribution in [2.45, 2.75) is 50.9 Å². The van der Waals surface area contributed by atoms with Gasteiger partial charge in [-0.05, 0) is 50.3 Å². The molecule has 0 aromatic heterocycles. The van der Waals surface area contributed by atoms with E-state index in [4.69, 9.17) is 0 Å². The van der Waals surface area contributed by atoms with E-state index < -0.39 is 24.3 Å². The number of ether oxygens (including phenoxy) is 1. The molecular weight excluding hydrogens is 372 g/mol. The highest BCUT2D eigenvalue weighted by atomic mass is 19.3. The number of aliphatic hydroxyl groups excluding tert-OH is 1. The largest absolute Gasteiger partial charge is 0.435 e. The zero-order valence-corrected chi connectivity index (χ0v) is 15.7. The van der Waals surface area contributed by atoms with Crippen molar-refractivity contribution in [3.8, 4) is 5.75 Å². The number of carbonyl (C=O) groups excluding carboxylic acids is 2. The summed E-state index contributed by atoms with van der Waals surface area (Å²) in [5, 5.41) is 12.5. The zero-order chi connectivity index (χ0) is 20.3. The van der Waals surface area contributed by atoms with Crippen molar-refractivity contribution in [1.82, 2.24) is 15.1 Å². The van der Waals surface area contributed by atoms with E-state index in [1.807, 2.05) is 4.90 Å². The maximum atomic E-state index is 12.8. The van der Waals surface area contributed by atoms with Gasteiger partial charge in [-0.2, -0.15) is 8.78 Å². The first-order valence-electron chi connectivity index (χ1n) is 9.35. The van der Waals surface area contributed by atoms with Crippen molar-refractivity contribution < 1.29 is 28.2 Å². The maximum Gasteiger partial charge on any atom is 0.387 e. The molecule has 154 valence electrons. The van der Waals surface area contributed by atoms with Gasteiger partial charge in [0, 0.05) is 13.1 Å². The van der Waals surface area contributed by atoms with E-state index in [1.165, 1.54) is 17.0 Å². The van der Waals surface area contributed by atoms with Gasteiger partial charge in [0.25, 0.3) is 5.91 Å². The number of alkyl halides is 2. The van der Waals surface area contributed by atoms with Crippen molar-refractivity contribution in [2.24, 2.45) is 0 Å². The molecule has 2 heterocycles. The fourth-order valence-corrected chi connectivity index (χ4v) is 3.64. The molecular formula is C19H25F2N3O4. The van der Waals surface area contributed by atoms with Crippen LogP contribution < -0.4 is 10.1 Å². The van der Waals surface area contributed by atoms with Gasteiger partial charge >= 0.3 is 12.6 Å². The second kappa shape index (κ2) is 8.40. The normalized spacial score (nSPS) is 26.0. The lowest BCUT2D eigenvalue weighted by atomic mass is 9.93. The standard InChI is InChI=1S/C19H25F2N3O4/c1-19(9-8-13-4-6-15(7-5-13)28-17(20)21)16(26)24(18(27)22-19)12-23-10-2-3-14(25)11-23/h4-7,14,17,25H,2-3,8-12H2,1H3,(H,22,27)/t14-,19-/m0/s1. The molecule has 0 radical (unpaired) electrons. The Kier molecular flexibility index (Phi) is 6.14. The number of amides is 3. The zero-order valence-electron chi connectivity index (χ0n) is 15.7. The number of urea groups is 1. The Morgan fingerprint density at radius 1 is 1.32 bits per heavy atom. The highest BCUT2D eigenvalue weighted by Gasteiger charge is 2.47. The summed E-state index contributed by atoms with van der Waals surface area (Å²) in [7, 11) is 0. The molecule has 2 fully saturated rings. The third-order valence-corrected chi connectivity index (χ3v) is 5.23. The van der Waals surface area contributed by atoms with Crippen LogP contribution in [0.1, 0.15) is 31.7 Å². The lowest BCUT2D eigenvalue weighted by molar-refractivity contribution is -0.133. The number of benzene rings is 1. The number of aryl methyl sites for hydroxylation is 1. The molecule has 3 rings (SSSR count). The Labute approximate surface area is 162 Å². The number of halogens is 2. The summed E-state index contributed by atoms with van der Waals surface area (Å²) in [5.74, 6) is -0.222. The summed E-state index contributed by atoms with van der Waals surface area (Å²) in [5.41, 5.74) is -0.175. The van der Waals surface area contributed by atoms with Crippen molar-refractivity contribution in [2.75, 3.05) is 19.8 Å². The molecule has 0 aliphatic carbocycles. The third-order valence-electron chi connectivity index (χ3n) is 5.23. The average molecular weight is 397 g/mol. The Bertz CT molecular complexity index is 716. The van der Waals surface area contributed by atoms with E-state index in [-0.39, 0.29) is 18.3 Å². The minimum Gasteiger partial charge on any atom is -0.435 e. The fraction of sp³-hybridized carbons (Fsp3) is 0.579. The summed E-state index contributed by atoms with van der Waals surface area (Å²) >= 11 is 0. The van der Waals surface area contributed by atoms with Gasteiger partial charge in [0.15, 0.2) is 0 Å². The van der Waals surface area contributed by atoms with Crippen LogP contribution in [0.25, 0.3) is 0 Å². The number of nitrogens with zero attached hydrogens (tertiary/aromatic N) is 2. The van der Waals surface area contributed by atoms with Gasteiger partial charge in [-0.3, -0.25) is 9.69 Å². The van der Waals surface area contributed by atoms with Gasteiger partial charge in [-0.25, -0.2) is 9.69 Å². The number of aliphatic hydroxyl groups is 1. The number of β-amino-alcohol motifs (C(OH)–C–C–N with tert-alkyl or cyclic N) is 1. The molecule has 0 spiro atoms. The Morgan fingerprint density at radius 2 is 2.04 bits per heavy atom. The van der Waals surface area contributed by atoms with E-state index in [0.29, 0.717) is 19.4 Å². The molecule has 9 heteroatoms. The van der Waals surface area contributed by atoms with Crippen molar-refractivity contribution >= 4 is 11.9 Å². The topological polar surface area (TPSA) is 82.1 Å². The van der Waals surface area contributed by atoms with Crippen molar-refractivity contribution in [3.63, 3.8) is 0 Å². The van der Waals surface area contributed by atoms with Crippen LogP contribution in [0.5, 0.6) is 5.75 Å². The number of hydrogen-bond acceptors (Lipinski definition) is 5. The van der Waals surface area contributed by atoms with Crippen LogP contribution in [0.15, 0.2) is 24.3 Å². The molecule has 2 N–H and O–H groups in total. The molecule has 0 unspecified atom stereocenters. The fourth-order valence-electron chi connectivity index (χ4n) is 3.64. The second-order valence-electron chi connectivity index (χ2n) is 7.53.